The number of amides is 2. The second-order valence-electron chi connectivity index (χ2n) is 5.87. The number of sulfonamides is 1. The van der Waals surface area contributed by atoms with Gasteiger partial charge in [-0.1, -0.05) is 12.1 Å². The van der Waals surface area contributed by atoms with Gasteiger partial charge in [0.05, 0.1) is 5.75 Å². The van der Waals surface area contributed by atoms with Crippen molar-refractivity contribution in [1.82, 2.24) is 10.2 Å². The van der Waals surface area contributed by atoms with Crippen LogP contribution in [0.2, 0.25) is 0 Å². The van der Waals surface area contributed by atoms with Gasteiger partial charge in [-0.3, -0.25) is 0 Å². The van der Waals surface area contributed by atoms with Crippen molar-refractivity contribution < 1.29 is 17.6 Å². The van der Waals surface area contributed by atoms with Crippen LogP contribution in [0.5, 0.6) is 0 Å². The van der Waals surface area contributed by atoms with E-state index in [0.29, 0.717) is 38.9 Å². The van der Waals surface area contributed by atoms with E-state index in [1.807, 2.05) is 6.07 Å². The second-order valence-corrected chi connectivity index (χ2v) is 7.53. The first-order chi connectivity index (χ1) is 10.8. The lowest BCUT2D eigenvalue weighted by molar-refractivity contribution is 0.174. The van der Waals surface area contributed by atoms with Gasteiger partial charge in [0.15, 0.2) is 0 Å². The molecule has 1 aromatic carbocycles. The number of carbonyl (C=O) groups excluding carboxylic acids is 1. The van der Waals surface area contributed by atoms with Crippen LogP contribution < -0.4 is 10.5 Å². The summed E-state index contributed by atoms with van der Waals surface area (Å²) in [5.74, 6) is -0.297. The van der Waals surface area contributed by atoms with Crippen LogP contribution in [0.1, 0.15) is 18.4 Å². The number of rotatable bonds is 5. The fraction of sp³-hybridized carbons (Fsp3) is 0.533. The van der Waals surface area contributed by atoms with E-state index in [9.17, 15) is 17.6 Å². The van der Waals surface area contributed by atoms with E-state index >= 15 is 0 Å². The van der Waals surface area contributed by atoms with Gasteiger partial charge in [0.1, 0.15) is 5.82 Å². The zero-order chi connectivity index (χ0) is 16.9. The molecule has 23 heavy (non-hydrogen) atoms. The molecule has 0 atom stereocenters. The number of benzene rings is 1. The summed E-state index contributed by atoms with van der Waals surface area (Å²) < 4.78 is 35.2. The number of nitrogens with zero attached hydrogens (tertiary/aromatic N) is 1. The third-order valence-corrected chi connectivity index (χ3v) is 4.88. The average Bonchev–Trinajstić information content (AvgIpc) is 2.46. The van der Waals surface area contributed by atoms with Gasteiger partial charge >= 0.3 is 6.03 Å². The Kier molecular flexibility index (Phi) is 5.95. The first-order valence-corrected chi connectivity index (χ1v) is 9.33. The number of hydrogen-bond acceptors (Lipinski definition) is 3. The molecule has 0 aromatic heterocycles. The maximum absolute atomic E-state index is 13.1. The molecule has 1 aliphatic rings. The summed E-state index contributed by atoms with van der Waals surface area (Å²) >= 11 is 0. The van der Waals surface area contributed by atoms with Crippen molar-refractivity contribution in [2.75, 3.05) is 25.4 Å². The maximum Gasteiger partial charge on any atom is 0.317 e. The highest BCUT2D eigenvalue weighted by Crippen LogP contribution is 2.18. The van der Waals surface area contributed by atoms with E-state index < -0.39 is 10.0 Å². The molecule has 1 heterocycles. The topological polar surface area (TPSA) is 92.5 Å². The van der Waals surface area contributed by atoms with Crippen molar-refractivity contribution in [3.05, 3.63) is 35.6 Å². The Bertz CT molecular complexity index is 643. The van der Waals surface area contributed by atoms with E-state index in [0.717, 1.165) is 5.56 Å². The minimum Gasteiger partial charge on any atom is -0.338 e. The largest absolute Gasteiger partial charge is 0.338 e. The Morgan fingerprint density at radius 2 is 2.04 bits per heavy atom. The SMILES string of the molecule is NS(=O)(=O)CC1CCN(C(=O)NCCc2cccc(F)c2)CC1. The third kappa shape index (κ3) is 6.15. The van der Waals surface area contributed by atoms with Crippen molar-refractivity contribution in [3.63, 3.8) is 0 Å². The van der Waals surface area contributed by atoms with Gasteiger partial charge in [0, 0.05) is 19.6 Å². The van der Waals surface area contributed by atoms with E-state index in [2.05, 4.69) is 5.32 Å². The Morgan fingerprint density at radius 3 is 2.65 bits per heavy atom. The van der Waals surface area contributed by atoms with Crippen LogP contribution in [0.3, 0.4) is 0 Å². The van der Waals surface area contributed by atoms with Gasteiger partial charge in [-0.15, -0.1) is 0 Å². The molecule has 0 spiro atoms. The molecule has 1 saturated heterocycles. The predicted octanol–water partition coefficient (Wildman–Crippen LogP) is 1.08. The number of hydrogen-bond donors (Lipinski definition) is 2. The molecule has 0 bridgehead atoms. The summed E-state index contributed by atoms with van der Waals surface area (Å²) in [5.41, 5.74) is 0.831. The number of nitrogens with two attached hydrogens (primary N) is 1. The molecule has 1 aromatic rings. The standard InChI is InChI=1S/C15H22FN3O3S/c16-14-3-1-2-12(10-14)4-7-18-15(20)19-8-5-13(6-9-19)11-23(17,21)22/h1-3,10,13H,4-9,11H2,(H,18,20)(H2,17,21,22). The third-order valence-electron chi connectivity index (χ3n) is 3.95. The van der Waals surface area contributed by atoms with Gasteiger partial charge in [-0.05, 0) is 42.9 Å². The van der Waals surface area contributed by atoms with E-state index in [4.69, 9.17) is 5.14 Å². The Balaban J connectivity index is 1.71. The highest BCUT2D eigenvalue weighted by Gasteiger charge is 2.25. The Hall–Kier alpha value is -1.67. The molecular weight excluding hydrogens is 321 g/mol. The summed E-state index contributed by atoms with van der Waals surface area (Å²) in [5, 5.41) is 7.85. The number of carbonyl (C=O) groups is 1. The molecule has 1 aliphatic heterocycles. The first-order valence-electron chi connectivity index (χ1n) is 7.61. The van der Waals surface area contributed by atoms with E-state index in [1.54, 1.807) is 11.0 Å². The van der Waals surface area contributed by atoms with E-state index in [-0.39, 0.29) is 23.5 Å². The average molecular weight is 343 g/mol. The second kappa shape index (κ2) is 7.74. The van der Waals surface area contributed by atoms with Gasteiger partial charge in [0.2, 0.25) is 10.0 Å². The van der Waals surface area contributed by atoms with Crippen LogP contribution in [-0.2, 0) is 16.4 Å². The molecule has 0 saturated carbocycles. The van der Waals surface area contributed by atoms with Crippen molar-refractivity contribution in [2.45, 2.75) is 19.3 Å². The number of urea groups is 1. The van der Waals surface area contributed by atoms with Crippen molar-refractivity contribution in [3.8, 4) is 0 Å². The highest BCUT2D eigenvalue weighted by atomic mass is 32.2. The summed E-state index contributed by atoms with van der Waals surface area (Å²) in [6, 6.07) is 6.12. The summed E-state index contributed by atoms with van der Waals surface area (Å²) in [6.45, 7) is 1.47. The molecule has 0 radical (unpaired) electrons. The lowest BCUT2D eigenvalue weighted by atomic mass is 9.99. The first kappa shape index (κ1) is 17.7. The molecule has 1 fully saturated rings. The zero-order valence-electron chi connectivity index (χ0n) is 12.9. The van der Waals surface area contributed by atoms with Gasteiger partial charge in [-0.25, -0.2) is 22.7 Å². The molecule has 0 aliphatic carbocycles. The molecule has 8 heteroatoms. The Morgan fingerprint density at radius 1 is 1.35 bits per heavy atom. The number of likely N-dealkylation sites (tertiary alicyclic amines) is 1. The van der Waals surface area contributed by atoms with Crippen LogP contribution in [0.25, 0.3) is 0 Å². The summed E-state index contributed by atoms with van der Waals surface area (Å²) in [6.07, 6.45) is 1.83. The minimum absolute atomic E-state index is 0.0151. The zero-order valence-corrected chi connectivity index (χ0v) is 13.7. The number of piperidine rings is 1. The fourth-order valence-electron chi connectivity index (χ4n) is 2.75. The predicted molar refractivity (Wildman–Crippen MR) is 85.8 cm³/mol. The monoisotopic (exact) mass is 343 g/mol. The maximum atomic E-state index is 13.1. The minimum atomic E-state index is -3.46. The van der Waals surface area contributed by atoms with E-state index in [1.165, 1.54) is 12.1 Å². The molecule has 6 nitrogen and oxygen atoms in total. The number of nitrogens with one attached hydrogen (secondary N) is 1. The molecule has 2 rings (SSSR count). The lowest BCUT2D eigenvalue weighted by Gasteiger charge is -2.31. The fourth-order valence-corrected chi connectivity index (χ4v) is 3.74. The highest BCUT2D eigenvalue weighted by molar-refractivity contribution is 7.89. The van der Waals surface area contributed by atoms with Crippen LogP contribution in [0.15, 0.2) is 24.3 Å². The van der Waals surface area contributed by atoms with Crippen LogP contribution in [0, 0.1) is 11.7 Å². The lowest BCUT2D eigenvalue weighted by Crippen LogP contribution is -2.46. The van der Waals surface area contributed by atoms with Crippen LogP contribution in [0.4, 0.5) is 9.18 Å². The molecule has 0 unspecified atom stereocenters. The van der Waals surface area contributed by atoms with Crippen molar-refractivity contribution in [1.29, 1.82) is 0 Å². The van der Waals surface area contributed by atoms with Gasteiger partial charge < -0.3 is 10.2 Å². The number of primary sulfonamides is 1. The summed E-state index contributed by atoms with van der Waals surface area (Å²) in [7, 11) is -3.46. The van der Waals surface area contributed by atoms with Crippen molar-refractivity contribution >= 4 is 16.1 Å². The van der Waals surface area contributed by atoms with Crippen LogP contribution >= 0.6 is 0 Å². The van der Waals surface area contributed by atoms with Crippen LogP contribution in [-0.4, -0.2) is 44.7 Å². The quantitative estimate of drug-likeness (QED) is 0.838. The van der Waals surface area contributed by atoms with Gasteiger partial charge in [0.25, 0.3) is 0 Å². The molecular formula is C15H22FN3O3S. The Labute approximate surface area is 135 Å². The molecule has 2 amide bonds. The molecule has 128 valence electrons. The number of halogens is 1. The normalized spacial score (nSPS) is 16.3. The summed E-state index contributed by atoms with van der Waals surface area (Å²) in [4.78, 5) is 13.7. The molecule has 3 N–H and O–H groups in total. The van der Waals surface area contributed by atoms with Crippen molar-refractivity contribution in [2.24, 2.45) is 11.1 Å². The smallest absolute Gasteiger partial charge is 0.317 e. The van der Waals surface area contributed by atoms with Gasteiger partial charge in [-0.2, -0.15) is 0 Å².